The van der Waals surface area contributed by atoms with E-state index < -0.39 is 9.84 Å². The van der Waals surface area contributed by atoms with E-state index in [0.717, 1.165) is 12.8 Å². The number of carbonyl (C=O) groups excluding carboxylic acids is 1. The number of sulfone groups is 1. The van der Waals surface area contributed by atoms with Gasteiger partial charge in [0, 0.05) is 11.8 Å². The Kier molecular flexibility index (Phi) is 2.38. The van der Waals surface area contributed by atoms with Crippen LogP contribution in [0.4, 0.5) is 0 Å². The third-order valence-electron chi connectivity index (χ3n) is 5.74. The molecular weight excluding hydrogens is 248 g/mol. The molecule has 0 aromatic rings. The molecule has 1 saturated heterocycles. The molecule has 0 spiro atoms. The minimum Gasteiger partial charge on any atom is -0.299 e. The van der Waals surface area contributed by atoms with E-state index >= 15 is 0 Å². The van der Waals surface area contributed by atoms with Gasteiger partial charge in [-0.2, -0.15) is 0 Å². The summed E-state index contributed by atoms with van der Waals surface area (Å²) in [5, 5.41) is -0.624. The first-order valence-corrected chi connectivity index (χ1v) is 8.58. The number of hydrogen-bond donors (Lipinski definition) is 0. The predicted octanol–water partition coefficient (Wildman–Crippen LogP) is 2.06. The molecule has 18 heavy (non-hydrogen) atoms. The van der Waals surface area contributed by atoms with Crippen LogP contribution in [0.3, 0.4) is 0 Å². The summed E-state index contributed by atoms with van der Waals surface area (Å²) in [6, 6.07) is 0. The molecule has 2 aliphatic carbocycles. The summed E-state index contributed by atoms with van der Waals surface area (Å²) in [6.07, 6.45) is 2.00. The van der Waals surface area contributed by atoms with E-state index in [4.69, 9.17) is 0 Å². The maximum atomic E-state index is 12.5. The van der Waals surface area contributed by atoms with Crippen molar-refractivity contribution in [1.29, 1.82) is 0 Å². The standard InChI is InChI=1S/C14H22O3S/c1-7(2)12-13(18(12,16)17)10-8-5-6-9(11(10)15)14(8,3)4/h7-10,12-13H,5-6H2,1-4H3/t8-,9+,10?,12?,13?/m1/s1. The van der Waals surface area contributed by atoms with Crippen LogP contribution in [-0.4, -0.2) is 24.7 Å². The van der Waals surface area contributed by atoms with Crippen molar-refractivity contribution in [2.75, 3.05) is 0 Å². The van der Waals surface area contributed by atoms with Crippen molar-refractivity contribution in [2.45, 2.75) is 51.0 Å². The molecule has 3 aliphatic rings. The molecule has 0 N–H and O–H groups in total. The second-order valence-electron chi connectivity index (χ2n) is 7.25. The number of fused-ring (bicyclic) bond motifs is 2. The number of Topliss-reactive ketones (excluding diaryl/α,β-unsaturated/α-hetero) is 1. The van der Waals surface area contributed by atoms with Gasteiger partial charge in [0.1, 0.15) is 5.78 Å². The van der Waals surface area contributed by atoms with Gasteiger partial charge in [-0.05, 0) is 30.1 Å². The largest absolute Gasteiger partial charge is 0.299 e. The van der Waals surface area contributed by atoms with Gasteiger partial charge in [0.25, 0.3) is 0 Å². The molecule has 102 valence electrons. The monoisotopic (exact) mass is 270 g/mol. The van der Waals surface area contributed by atoms with Gasteiger partial charge in [0.2, 0.25) is 0 Å². The van der Waals surface area contributed by atoms with Crippen LogP contribution in [0, 0.1) is 29.1 Å². The summed E-state index contributed by atoms with van der Waals surface area (Å²) in [4.78, 5) is 12.5. The predicted molar refractivity (Wildman–Crippen MR) is 69.8 cm³/mol. The smallest absolute Gasteiger partial charge is 0.159 e. The highest BCUT2D eigenvalue weighted by Crippen LogP contribution is 2.63. The van der Waals surface area contributed by atoms with Gasteiger partial charge in [-0.3, -0.25) is 4.79 Å². The van der Waals surface area contributed by atoms with Crippen molar-refractivity contribution in [3.05, 3.63) is 0 Å². The lowest BCUT2D eigenvalue weighted by atomic mass is 9.78. The van der Waals surface area contributed by atoms with Gasteiger partial charge in [0.15, 0.2) is 9.84 Å². The zero-order valence-electron chi connectivity index (χ0n) is 11.5. The SMILES string of the molecule is CC(C)C1C(C2C(=O)[C@@H]3CC[C@H]2C3(C)C)S1(=O)=O. The Hall–Kier alpha value is -0.380. The number of carbonyl (C=O) groups is 1. The van der Waals surface area contributed by atoms with Crippen LogP contribution in [0.25, 0.3) is 0 Å². The Morgan fingerprint density at radius 1 is 1.22 bits per heavy atom. The summed E-state index contributed by atoms with van der Waals surface area (Å²) in [6.45, 7) is 8.19. The number of rotatable bonds is 2. The van der Waals surface area contributed by atoms with Crippen LogP contribution >= 0.6 is 0 Å². The van der Waals surface area contributed by atoms with E-state index in [0.29, 0.717) is 5.92 Å². The van der Waals surface area contributed by atoms with E-state index in [1.54, 1.807) is 0 Å². The third kappa shape index (κ3) is 1.30. The van der Waals surface area contributed by atoms with Crippen LogP contribution in [0.1, 0.15) is 40.5 Å². The molecule has 2 saturated carbocycles. The average Bonchev–Trinajstić information content (AvgIpc) is 2.58. The summed E-state index contributed by atoms with van der Waals surface area (Å²) in [5.74, 6) is 0.578. The molecule has 5 atom stereocenters. The Bertz CT molecular complexity index is 503. The van der Waals surface area contributed by atoms with Gasteiger partial charge >= 0.3 is 0 Å². The van der Waals surface area contributed by atoms with Gasteiger partial charge in [-0.15, -0.1) is 0 Å². The van der Waals surface area contributed by atoms with Crippen molar-refractivity contribution < 1.29 is 13.2 Å². The topological polar surface area (TPSA) is 51.2 Å². The van der Waals surface area contributed by atoms with Crippen LogP contribution in [-0.2, 0) is 14.6 Å². The lowest BCUT2D eigenvalue weighted by Crippen LogP contribution is -2.29. The Morgan fingerprint density at radius 2 is 1.83 bits per heavy atom. The molecule has 3 unspecified atom stereocenters. The molecule has 4 heteroatoms. The molecule has 0 aromatic carbocycles. The molecule has 1 aliphatic heterocycles. The van der Waals surface area contributed by atoms with E-state index in [-0.39, 0.29) is 39.5 Å². The minimum atomic E-state index is -3.01. The first kappa shape index (κ1) is 12.6. The van der Waals surface area contributed by atoms with E-state index in [1.807, 2.05) is 13.8 Å². The maximum Gasteiger partial charge on any atom is 0.159 e. The summed E-state index contributed by atoms with van der Waals surface area (Å²) >= 11 is 0. The third-order valence-corrected chi connectivity index (χ3v) is 8.37. The fraction of sp³-hybridized carbons (Fsp3) is 0.929. The van der Waals surface area contributed by atoms with Gasteiger partial charge in [0.05, 0.1) is 10.5 Å². The highest BCUT2D eigenvalue weighted by molar-refractivity contribution is 8.00. The highest BCUT2D eigenvalue weighted by Gasteiger charge is 2.71. The molecule has 3 fully saturated rings. The van der Waals surface area contributed by atoms with E-state index in [2.05, 4.69) is 13.8 Å². The molecular formula is C14H22O3S. The lowest BCUT2D eigenvalue weighted by Gasteiger charge is -2.24. The fourth-order valence-electron chi connectivity index (χ4n) is 4.80. The quantitative estimate of drug-likeness (QED) is 0.722. The van der Waals surface area contributed by atoms with Crippen molar-refractivity contribution >= 4 is 15.6 Å². The number of hydrogen-bond acceptors (Lipinski definition) is 3. The van der Waals surface area contributed by atoms with Gasteiger partial charge < -0.3 is 0 Å². The maximum absolute atomic E-state index is 12.5. The molecule has 2 bridgehead atoms. The Morgan fingerprint density at radius 3 is 2.22 bits per heavy atom. The van der Waals surface area contributed by atoms with Crippen molar-refractivity contribution in [1.82, 2.24) is 0 Å². The first-order chi connectivity index (χ1) is 8.20. The summed E-state index contributed by atoms with van der Waals surface area (Å²) in [5.41, 5.74) is 0.0153. The normalized spacial score (nSPS) is 47.8. The summed E-state index contributed by atoms with van der Waals surface area (Å²) < 4.78 is 24.2. The second-order valence-corrected chi connectivity index (χ2v) is 9.51. The van der Waals surface area contributed by atoms with Crippen molar-refractivity contribution in [3.63, 3.8) is 0 Å². The Labute approximate surface area is 109 Å². The van der Waals surface area contributed by atoms with Crippen molar-refractivity contribution in [2.24, 2.45) is 29.1 Å². The molecule has 3 nitrogen and oxygen atoms in total. The average molecular weight is 270 g/mol. The summed E-state index contributed by atoms with van der Waals surface area (Å²) in [7, 11) is -3.01. The van der Waals surface area contributed by atoms with Crippen LogP contribution in [0.15, 0.2) is 0 Å². The van der Waals surface area contributed by atoms with Crippen molar-refractivity contribution in [3.8, 4) is 0 Å². The second kappa shape index (κ2) is 3.38. The van der Waals surface area contributed by atoms with Crippen LogP contribution in [0.2, 0.25) is 0 Å². The molecule has 0 amide bonds. The lowest BCUT2D eigenvalue weighted by molar-refractivity contribution is -0.126. The van der Waals surface area contributed by atoms with Gasteiger partial charge in [-0.25, -0.2) is 8.42 Å². The zero-order chi connectivity index (χ0) is 13.5. The Balaban J connectivity index is 1.95. The molecule has 0 radical (unpaired) electrons. The van der Waals surface area contributed by atoms with Crippen LogP contribution < -0.4 is 0 Å². The molecule has 1 heterocycles. The molecule has 3 rings (SSSR count). The number of ketones is 1. The molecule has 0 aromatic heterocycles. The zero-order valence-corrected chi connectivity index (χ0v) is 12.3. The van der Waals surface area contributed by atoms with Gasteiger partial charge in [-0.1, -0.05) is 27.7 Å². The van der Waals surface area contributed by atoms with Crippen LogP contribution in [0.5, 0.6) is 0 Å². The van der Waals surface area contributed by atoms with E-state index in [9.17, 15) is 13.2 Å². The fourth-order valence-corrected chi connectivity index (χ4v) is 7.66. The highest BCUT2D eigenvalue weighted by atomic mass is 32.2. The minimum absolute atomic E-state index is 0.0153. The van der Waals surface area contributed by atoms with E-state index in [1.165, 1.54) is 0 Å². The first-order valence-electron chi connectivity index (χ1n) is 6.97.